The lowest BCUT2D eigenvalue weighted by Gasteiger charge is -2.21. The van der Waals surface area contributed by atoms with E-state index < -0.39 is 17.8 Å². The molecule has 0 heterocycles. The summed E-state index contributed by atoms with van der Waals surface area (Å²) >= 11 is 0. The number of carboxylic acids is 1. The van der Waals surface area contributed by atoms with Gasteiger partial charge >= 0.3 is 5.97 Å². The summed E-state index contributed by atoms with van der Waals surface area (Å²) in [6.45, 7) is 2.21. The molecule has 0 bridgehead atoms. The van der Waals surface area contributed by atoms with Gasteiger partial charge in [-0.25, -0.2) is 4.79 Å². The molecule has 0 aliphatic heterocycles. The average molecular weight is 300 g/mol. The van der Waals surface area contributed by atoms with E-state index in [9.17, 15) is 15.0 Å². The number of aromatic carboxylic acids is 1. The summed E-state index contributed by atoms with van der Waals surface area (Å²) in [4.78, 5) is 10.9. The Balaban J connectivity index is 2.01. The molecule has 2 aromatic carbocycles. The van der Waals surface area contributed by atoms with E-state index in [0.29, 0.717) is 12.1 Å². The highest BCUT2D eigenvalue weighted by atomic mass is 16.4. The zero-order valence-electron chi connectivity index (χ0n) is 12.2. The molecule has 0 saturated heterocycles. The van der Waals surface area contributed by atoms with Crippen LogP contribution in [0.3, 0.4) is 0 Å². The number of nitrogens with one attached hydrogen (secondary N) is 1. The second-order valence-corrected chi connectivity index (χ2v) is 5.16. The highest BCUT2D eigenvalue weighted by Crippen LogP contribution is 2.18. The standard InChI is InChI=1S/C17H19NO4/c1-11(16(20)13-5-3-2-4-6-13)18-10-12-7-8-15(19)14(9-12)17(21)22/h2-9,11,16,18-20H,10H2,1H3,(H,21,22)/p-1/t11-,16-/m0/s1. The maximum absolute atomic E-state index is 11.4. The van der Waals surface area contributed by atoms with Crippen molar-refractivity contribution in [2.24, 2.45) is 0 Å². The first kappa shape index (κ1) is 16.0. The summed E-state index contributed by atoms with van der Waals surface area (Å²) in [5.74, 6) is -1.74. The van der Waals surface area contributed by atoms with Gasteiger partial charge in [0.1, 0.15) is 0 Å². The SMILES string of the molecule is C[C@H](NCc1ccc([O-])c(C(=O)O)c1)[C@H](O)c1ccccc1. The third kappa shape index (κ3) is 3.84. The predicted octanol–water partition coefficient (Wildman–Crippen LogP) is 1.67. The molecule has 5 nitrogen and oxygen atoms in total. The highest BCUT2D eigenvalue weighted by molar-refractivity contribution is 5.90. The van der Waals surface area contributed by atoms with Crippen molar-refractivity contribution in [3.8, 4) is 5.75 Å². The van der Waals surface area contributed by atoms with E-state index in [2.05, 4.69) is 5.32 Å². The van der Waals surface area contributed by atoms with Gasteiger partial charge in [0.2, 0.25) is 0 Å². The molecule has 2 rings (SSSR count). The van der Waals surface area contributed by atoms with Gasteiger partial charge in [0.05, 0.1) is 11.7 Å². The zero-order valence-corrected chi connectivity index (χ0v) is 12.2. The largest absolute Gasteiger partial charge is 0.872 e. The fraction of sp³-hybridized carbons (Fsp3) is 0.235. The quantitative estimate of drug-likeness (QED) is 0.754. The van der Waals surface area contributed by atoms with Crippen LogP contribution in [0.1, 0.15) is 34.5 Å². The van der Waals surface area contributed by atoms with Crippen LogP contribution in [0.4, 0.5) is 0 Å². The first-order valence-corrected chi connectivity index (χ1v) is 6.98. The molecule has 0 spiro atoms. The summed E-state index contributed by atoms with van der Waals surface area (Å²) in [6.07, 6.45) is -0.668. The number of hydrogen-bond acceptors (Lipinski definition) is 4. The van der Waals surface area contributed by atoms with E-state index in [-0.39, 0.29) is 11.6 Å². The molecule has 0 saturated carbocycles. The predicted molar refractivity (Wildman–Crippen MR) is 80.6 cm³/mol. The summed E-state index contributed by atoms with van der Waals surface area (Å²) in [5.41, 5.74) is 1.25. The smallest absolute Gasteiger partial charge is 0.335 e. The van der Waals surface area contributed by atoms with Crippen molar-refractivity contribution in [3.05, 3.63) is 65.2 Å². The van der Waals surface area contributed by atoms with E-state index in [1.165, 1.54) is 12.1 Å². The van der Waals surface area contributed by atoms with Crippen molar-refractivity contribution in [2.75, 3.05) is 0 Å². The van der Waals surface area contributed by atoms with Gasteiger partial charge in [0.25, 0.3) is 0 Å². The first-order chi connectivity index (χ1) is 10.5. The van der Waals surface area contributed by atoms with Crippen molar-refractivity contribution >= 4 is 5.97 Å². The molecule has 3 N–H and O–H groups in total. The van der Waals surface area contributed by atoms with Crippen molar-refractivity contribution in [1.82, 2.24) is 5.32 Å². The lowest BCUT2D eigenvalue weighted by atomic mass is 10.0. The average Bonchev–Trinajstić information content (AvgIpc) is 2.53. The third-order valence-corrected chi connectivity index (χ3v) is 3.52. The minimum atomic E-state index is -1.23. The number of aliphatic hydroxyl groups is 1. The van der Waals surface area contributed by atoms with E-state index in [4.69, 9.17) is 5.11 Å². The summed E-state index contributed by atoms with van der Waals surface area (Å²) in [7, 11) is 0. The van der Waals surface area contributed by atoms with E-state index in [0.717, 1.165) is 5.56 Å². The van der Waals surface area contributed by atoms with Gasteiger partial charge in [0, 0.05) is 12.6 Å². The molecule has 0 fully saturated rings. The highest BCUT2D eigenvalue weighted by Gasteiger charge is 2.15. The summed E-state index contributed by atoms with van der Waals surface area (Å²) in [5, 5.41) is 33.7. The molecule has 2 atom stereocenters. The molecular formula is C17H18NO4-. The molecular weight excluding hydrogens is 282 g/mol. The van der Waals surface area contributed by atoms with Gasteiger partial charge < -0.3 is 20.6 Å². The minimum Gasteiger partial charge on any atom is -0.872 e. The first-order valence-electron chi connectivity index (χ1n) is 6.98. The maximum Gasteiger partial charge on any atom is 0.335 e. The molecule has 0 aliphatic rings. The van der Waals surface area contributed by atoms with Gasteiger partial charge in [-0.2, -0.15) is 0 Å². The van der Waals surface area contributed by atoms with Crippen LogP contribution in [0.5, 0.6) is 5.75 Å². The van der Waals surface area contributed by atoms with Crippen LogP contribution >= 0.6 is 0 Å². The van der Waals surface area contributed by atoms with E-state index >= 15 is 0 Å². The Morgan fingerprint density at radius 2 is 1.91 bits per heavy atom. The summed E-state index contributed by atoms with van der Waals surface area (Å²) in [6, 6.07) is 13.3. The Bertz CT molecular complexity index is 642. The Morgan fingerprint density at radius 3 is 2.55 bits per heavy atom. The molecule has 0 amide bonds. The lowest BCUT2D eigenvalue weighted by molar-refractivity contribution is -0.268. The number of benzene rings is 2. The fourth-order valence-corrected chi connectivity index (χ4v) is 2.18. The van der Waals surface area contributed by atoms with E-state index in [1.807, 2.05) is 37.3 Å². The Morgan fingerprint density at radius 1 is 1.23 bits per heavy atom. The number of aliphatic hydroxyl groups excluding tert-OH is 1. The van der Waals surface area contributed by atoms with Crippen molar-refractivity contribution in [3.63, 3.8) is 0 Å². The Labute approximate surface area is 128 Å². The van der Waals surface area contributed by atoms with Crippen LogP contribution in [0.15, 0.2) is 48.5 Å². The molecule has 5 heteroatoms. The second kappa shape index (κ2) is 7.06. The Hall–Kier alpha value is -2.37. The maximum atomic E-state index is 11.4. The van der Waals surface area contributed by atoms with Gasteiger partial charge in [0.15, 0.2) is 0 Å². The van der Waals surface area contributed by atoms with Crippen molar-refractivity contribution in [1.29, 1.82) is 0 Å². The number of hydrogen-bond donors (Lipinski definition) is 3. The molecule has 0 aromatic heterocycles. The molecule has 22 heavy (non-hydrogen) atoms. The van der Waals surface area contributed by atoms with Crippen LogP contribution in [-0.4, -0.2) is 22.2 Å². The summed E-state index contributed by atoms with van der Waals surface area (Å²) < 4.78 is 0. The van der Waals surface area contributed by atoms with Crippen LogP contribution < -0.4 is 10.4 Å². The minimum absolute atomic E-state index is 0.220. The molecule has 116 valence electrons. The molecule has 0 radical (unpaired) electrons. The van der Waals surface area contributed by atoms with Crippen molar-refractivity contribution in [2.45, 2.75) is 25.6 Å². The molecule has 2 aromatic rings. The number of rotatable bonds is 6. The van der Waals surface area contributed by atoms with Gasteiger partial charge in [-0.3, -0.25) is 0 Å². The number of carboxylic acid groups (broad SMARTS) is 1. The fourth-order valence-electron chi connectivity index (χ4n) is 2.18. The van der Waals surface area contributed by atoms with Crippen LogP contribution in [0.25, 0.3) is 0 Å². The lowest BCUT2D eigenvalue weighted by Crippen LogP contribution is -2.31. The van der Waals surface area contributed by atoms with Crippen molar-refractivity contribution < 1.29 is 20.1 Å². The van der Waals surface area contributed by atoms with Gasteiger partial charge in [-0.1, -0.05) is 48.2 Å². The zero-order chi connectivity index (χ0) is 16.1. The topological polar surface area (TPSA) is 92.6 Å². The van der Waals surface area contributed by atoms with Crippen LogP contribution in [0, 0.1) is 0 Å². The van der Waals surface area contributed by atoms with E-state index in [1.54, 1.807) is 6.07 Å². The normalized spacial score (nSPS) is 13.5. The van der Waals surface area contributed by atoms with Crippen LogP contribution in [0.2, 0.25) is 0 Å². The monoisotopic (exact) mass is 300 g/mol. The van der Waals surface area contributed by atoms with Crippen LogP contribution in [-0.2, 0) is 6.54 Å². The van der Waals surface area contributed by atoms with Gasteiger partial charge in [-0.15, -0.1) is 0 Å². The third-order valence-electron chi connectivity index (χ3n) is 3.52. The molecule has 0 unspecified atom stereocenters. The number of carbonyl (C=O) groups is 1. The molecule has 0 aliphatic carbocycles. The van der Waals surface area contributed by atoms with Gasteiger partial charge in [-0.05, 0) is 24.1 Å². The second-order valence-electron chi connectivity index (χ2n) is 5.16. The Kier molecular flexibility index (Phi) is 5.14.